The highest BCUT2D eigenvalue weighted by atomic mass is 32.2. The summed E-state index contributed by atoms with van der Waals surface area (Å²) < 4.78 is 28.4. The predicted molar refractivity (Wildman–Crippen MR) is 28.3 cm³/mol. The highest BCUT2D eigenvalue weighted by molar-refractivity contribution is 7.87. The predicted octanol–water partition coefficient (Wildman–Crippen LogP) is -1.63. The molecule has 6 heteroatoms. The van der Waals surface area contributed by atoms with Gasteiger partial charge in [0.25, 0.3) is 10.1 Å². The first-order valence-corrected chi connectivity index (χ1v) is 3.74. The molecule has 0 aromatic rings. The van der Waals surface area contributed by atoms with Crippen LogP contribution < -0.4 is 5.32 Å². The van der Waals surface area contributed by atoms with Crippen LogP contribution in [0.5, 0.6) is 0 Å². The summed E-state index contributed by atoms with van der Waals surface area (Å²) in [5, 5.41) is 0.884. The topological polar surface area (TPSA) is 83.5 Å². The third kappa shape index (κ3) is 1.09. The largest absolute Gasteiger partial charge is 0.295 e. The Hall–Kier alpha value is -0.460. The van der Waals surface area contributed by atoms with Crippen molar-refractivity contribution in [2.24, 2.45) is 0 Å². The van der Waals surface area contributed by atoms with Crippen LogP contribution >= 0.6 is 0 Å². The van der Waals surface area contributed by atoms with E-state index in [4.69, 9.17) is 4.55 Å². The first kappa shape index (κ1) is 6.66. The fraction of sp³-hybridized carbons (Fsp3) is 0.667. The smallest absolute Gasteiger partial charge is 0.288 e. The van der Waals surface area contributed by atoms with E-state index in [2.05, 4.69) is 5.32 Å². The van der Waals surface area contributed by atoms with Crippen molar-refractivity contribution in [1.29, 1.82) is 0 Å². The van der Waals surface area contributed by atoms with Crippen LogP contribution in [0.1, 0.15) is 0 Å². The van der Waals surface area contributed by atoms with Crippen LogP contribution in [0.3, 0.4) is 0 Å². The van der Waals surface area contributed by atoms with E-state index in [1.54, 1.807) is 0 Å². The maximum atomic E-state index is 10.3. The summed E-state index contributed by atoms with van der Waals surface area (Å²) in [5.74, 6) is -0.488. The number of nitrogens with one attached hydrogen (secondary N) is 1. The normalized spacial score (nSPS) is 27.7. The van der Waals surface area contributed by atoms with Crippen LogP contribution in [-0.2, 0) is 14.9 Å². The number of hydrogen-bond acceptors (Lipinski definition) is 4. The molecule has 5 nitrogen and oxygen atoms in total. The molecule has 0 aromatic carbocycles. The lowest BCUT2D eigenvalue weighted by Gasteiger charge is -2.21. The first-order chi connectivity index (χ1) is 4.02. The highest BCUT2D eigenvalue weighted by Crippen LogP contribution is 2.03. The number of carbonyl (C=O) groups excluding carboxylic acids is 1. The minimum absolute atomic E-state index is 0.0322. The van der Waals surface area contributed by atoms with Gasteiger partial charge in [-0.15, -0.1) is 0 Å². The zero-order valence-corrected chi connectivity index (χ0v) is 5.18. The molecule has 1 aliphatic rings. The molecule has 52 valence electrons. The molecule has 0 bridgehead atoms. The molecule has 1 rings (SSSR count). The molecule has 1 fully saturated rings. The Morgan fingerprint density at radius 2 is 2.22 bits per heavy atom. The summed E-state index contributed by atoms with van der Waals surface area (Å²) >= 11 is 0. The van der Waals surface area contributed by atoms with Crippen LogP contribution in [0.25, 0.3) is 0 Å². The zero-order valence-electron chi connectivity index (χ0n) is 4.36. The second kappa shape index (κ2) is 1.76. The number of carbonyl (C=O) groups is 1. The number of ketones is 1. The molecule has 0 spiro atoms. The van der Waals surface area contributed by atoms with E-state index < -0.39 is 21.3 Å². The average molecular weight is 151 g/mol. The summed E-state index contributed by atoms with van der Waals surface area (Å²) in [6.07, 6.45) is 0. The molecule has 2 N–H and O–H groups in total. The summed E-state index contributed by atoms with van der Waals surface area (Å²) in [5.41, 5.74) is 0. The number of hydrogen-bond donors (Lipinski definition) is 2. The van der Waals surface area contributed by atoms with Gasteiger partial charge < -0.3 is 0 Å². The monoisotopic (exact) mass is 151 g/mol. The molecule has 1 heterocycles. The fourth-order valence-electron chi connectivity index (χ4n) is 0.540. The lowest BCUT2D eigenvalue weighted by atomic mass is 10.3. The van der Waals surface area contributed by atoms with Crippen LogP contribution in [0.15, 0.2) is 0 Å². The molecule has 0 aliphatic carbocycles. The van der Waals surface area contributed by atoms with Gasteiger partial charge in [0.1, 0.15) is 0 Å². The van der Waals surface area contributed by atoms with E-state index in [-0.39, 0.29) is 6.54 Å². The van der Waals surface area contributed by atoms with Crippen molar-refractivity contribution in [3.63, 3.8) is 0 Å². The Bertz CT molecular complexity index is 230. The van der Waals surface area contributed by atoms with Crippen molar-refractivity contribution in [2.45, 2.75) is 5.37 Å². The van der Waals surface area contributed by atoms with Crippen LogP contribution in [0.4, 0.5) is 0 Å². The second-order valence-corrected chi connectivity index (χ2v) is 3.24. The minimum atomic E-state index is -4.18. The van der Waals surface area contributed by atoms with Gasteiger partial charge in [-0.1, -0.05) is 0 Å². The Kier molecular flexibility index (Phi) is 1.30. The summed E-state index contributed by atoms with van der Waals surface area (Å²) in [7, 11) is -4.18. The van der Waals surface area contributed by atoms with E-state index in [1.807, 2.05) is 0 Å². The molecular formula is C3H5NO4S. The first-order valence-electron chi connectivity index (χ1n) is 2.24. The van der Waals surface area contributed by atoms with Gasteiger partial charge in [-0.2, -0.15) is 8.42 Å². The third-order valence-electron chi connectivity index (χ3n) is 1.05. The van der Waals surface area contributed by atoms with E-state index >= 15 is 0 Å². The maximum Gasteiger partial charge on any atom is 0.288 e. The standard InChI is InChI=1S/C3H5NO4S/c5-2-1-4-3(2)9(6,7)8/h3-4H,1H2,(H,6,7,8). The van der Waals surface area contributed by atoms with E-state index in [9.17, 15) is 13.2 Å². The van der Waals surface area contributed by atoms with Gasteiger partial charge in [0.15, 0.2) is 11.2 Å². The van der Waals surface area contributed by atoms with Gasteiger partial charge in [0.2, 0.25) is 0 Å². The fourth-order valence-corrected chi connectivity index (χ4v) is 1.25. The Morgan fingerprint density at radius 1 is 1.67 bits per heavy atom. The van der Waals surface area contributed by atoms with Gasteiger partial charge in [-0.3, -0.25) is 14.7 Å². The van der Waals surface area contributed by atoms with Crippen molar-refractivity contribution in [2.75, 3.05) is 6.54 Å². The van der Waals surface area contributed by atoms with Gasteiger partial charge in [-0.25, -0.2) is 0 Å². The second-order valence-electron chi connectivity index (χ2n) is 1.74. The zero-order chi connectivity index (χ0) is 7.07. The molecule has 0 radical (unpaired) electrons. The third-order valence-corrected chi connectivity index (χ3v) is 2.08. The summed E-state index contributed by atoms with van der Waals surface area (Å²) in [4.78, 5) is 10.3. The van der Waals surface area contributed by atoms with Gasteiger partial charge in [0, 0.05) is 0 Å². The Morgan fingerprint density at radius 3 is 2.22 bits per heavy atom. The van der Waals surface area contributed by atoms with Crippen molar-refractivity contribution in [1.82, 2.24) is 5.32 Å². The van der Waals surface area contributed by atoms with E-state index in [0.29, 0.717) is 0 Å². The van der Waals surface area contributed by atoms with Crippen molar-refractivity contribution >= 4 is 15.9 Å². The SMILES string of the molecule is O=C1CNC1S(=O)(=O)O. The van der Waals surface area contributed by atoms with Crippen LogP contribution in [0, 0.1) is 0 Å². The molecule has 0 amide bonds. The van der Waals surface area contributed by atoms with Crippen molar-refractivity contribution in [3.05, 3.63) is 0 Å². The highest BCUT2D eigenvalue weighted by Gasteiger charge is 2.37. The molecule has 1 unspecified atom stereocenters. The minimum Gasteiger partial charge on any atom is -0.295 e. The molecule has 0 aromatic heterocycles. The summed E-state index contributed by atoms with van der Waals surface area (Å²) in [6, 6.07) is 0. The van der Waals surface area contributed by atoms with Gasteiger partial charge in [0.05, 0.1) is 6.54 Å². The van der Waals surface area contributed by atoms with Crippen LogP contribution in [0.2, 0.25) is 0 Å². The van der Waals surface area contributed by atoms with Crippen molar-refractivity contribution in [3.8, 4) is 0 Å². The van der Waals surface area contributed by atoms with Crippen LogP contribution in [-0.4, -0.2) is 30.7 Å². The molecule has 9 heavy (non-hydrogen) atoms. The lowest BCUT2D eigenvalue weighted by molar-refractivity contribution is -0.122. The maximum absolute atomic E-state index is 10.3. The number of rotatable bonds is 1. The van der Waals surface area contributed by atoms with Gasteiger partial charge >= 0.3 is 0 Å². The van der Waals surface area contributed by atoms with E-state index in [0.717, 1.165) is 0 Å². The quantitative estimate of drug-likeness (QED) is 0.440. The molecule has 1 saturated heterocycles. The van der Waals surface area contributed by atoms with Crippen molar-refractivity contribution < 1.29 is 17.8 Å². The Balaban J connectivity index is 2.77. The molecular weight excluding hydrogens is 146 g/mol. The Labute approximate surface area is 51.8 Å². The molecule has 1 atom stereocenters. The summed E-state index contributed by atoms with van der Waals surface area (Å²) in [6.45, 7) is 0.0322. The molecule has 1 aliphatic heterocycles. The molecule has 0 saturated carbocycles. The number of Topliss-reactive ketones (excluding diaryl/α,β-unsaturated/α-hetero) is 1. The lowest BCUT2D eigenvalue weighted by Crippen LogP contribution is -2.57. The van der Waals surface area contributed by atoms with E-state index in [1.165, 1.54) is 0 Å². The average Bonchev–Trinajstić information content (AvgIpc) is 1.57. The van der Waals surface area contributed by atoms with Gasteiger partial charge in [-0.05, 0) is 0 Å².